The Balaban J connectivity index is 1.51. The van der Waals surface area contributed by atoms with Gasteiger partial charge in [0.15, 0.2) is 0 Å². The van der Waals surface area contributed by atoms with Gasteiger partial charge in [0, 0.05) is 29.8 Å². The molecule has 3 heterocycles. The fourth-order valence-electron chi connectivity index (χ4n) is 3.66. The molecule has 1 aromatic heterocycles. The van der Waals surface area contributed by atoms with Crippen molar-refractivity contribution in [3.8, 4) is 5.75 Å². The number of carbonyl (C=O) groups excluding carboxylic acids is 3. The highest BCUT2D eigenvalue weighted by Gasteiger charge is 2.42. The number of nitroso groups, excluding NO2 is 1. The molecule has 0 radical (unpaired) electrons. The predicted octanol–water partition coefficient (Wildman–Crippen LogP) is 2.73. The zero-order chi connectivity index (χ0) is 26.5. The normalized spacial score (nSPS) is 19.3. The number of dihydropyridines is 1. The summed E-state index contributed by atoms with van der Waals surface area (Å²) in [4.78, 5) is 54.5. The molecular weight excluding hydrogens is 504 g/mol. The molecule has 2 aliphatic heterocycles. The second kappa shape index (κ2) is 11.1. The highest BCUT2D eigenvalue weighted by Crippen LogP contribution is 2.24. The molecule has 1 saturated heterocycles. The number of urea groups is 2. The van der Waals surface area contributed by atoms with Gasteiger partial charge in [-0.1, -0.05) is 11.6 Å². The highest BCUT2D eigenvalue weighted by atomic mass is 35.5. The van der Waals surface area contributed by atoms with Gasteiger partial charge in [0.1, 0.15) is 17.6 Å². The minimum atomic E-state index is -1.01. The Bertz CT molecular complexity index is 1250. The summed E-state index contributed by atoms with van der Waals surface area (Å²) in [5.41, 5.74) is 1.09. The lowest BCUT2D eigenvalue weighted by Crippen LogP contribution is -2.70. The van der Waals surface area contributed by atoms with Crippen LogP contribution in [0.3, 0.4) is 0 Å². The van der Waals surface area contributed by atoms with Crippen LogP contribution in [0.2, 0.25) is 5.02 Å². The maximum absolute atomic E-state index is 13.1. The van der Waals surface area contributed by atoms with Crippen LogP contribution in [0, 0.1) is 4.91 Å². The van der Waals surface area contributed by atoms with E-state index in [0.717, 1.165) is 9.91 Å². The van der Waals surface area contributed by atoms with Crippen molar-refractivity contribution in [1.82, 2.24) is 25.1 Å². The van der Waals surface area contributed by atoms with Crippen molar-refractivity contribution in [3.63, 3.8) is 0 Å². The fraction of sp³-hybridized carbons (Fsp3) is 0.217. The number of pyridine rings is 1. The van der Waals surface area contributed by atoms with Gasteiger partial charge in [0.25, 0.3) is 0 Å². The summed E-state index contributed by atoms with van der Waals surface area (Å²) in [5.74, 6) is 6.03. The van der Waals surface area contributed by atoms with Crippen molar-refractivity contribution >= 4 is 35.3 Å². The third kappa shape index (κ3) is 5.68. The number of amides is 5. The molecule has 1 fully saturated rings. The van der Waals surface area contributed by atoms with Crippen LogP contribution >= 0.6 is 11.6 Å². The minimum Gasteiger partial charge on any atom is -0.458 e. The van der Waals surface area contributed by atoms with E-state index in [1.807, 2.05) is 0 Å². The smallest absolute Gasteiger partial charge is 0.345 e. The summed E-state index contributed by atoms with van der Waals surface area (Å²) in [7, 11) is 0. The van der Waals surface area contributed by atoms with E-state index >= 15 is 0 Å². The van der Waals surface area contributed by atoms with Crippen LogP contribution in [0.25, 0.3) is 0 Å². The molecule has 1 aromatic carbocycles. The zero-order valence-electron chi connectivity index (χ0n) is 19.6. The molecule has 5 amide bonds. The molecule has 0 saturated carbocycles. The number of rotatable bonds is 8. The number of benzene rings is 1. The van der Waals surface area contributed by atoms with Gasteiger partial charge in [-0.05, 0) is 55.5 Å². The first-order valence-electron chi connectivity index (χ1n) is 11.1. The van der Waals surface area contributed by atoms with Gasteiger partial charge < -0.3 is 15.4 Å². The molecule has 192 valence electrons. The molecule has 0 spiro atoms. The second-order valence-electron chi connectivity index (χ2n) is 7.93. The third-order valence-electron chi connectivity index (χ3n) is 5.52. The maximum Gasteiger partial charge on any atom is 0.345 e. The fourth-order valence-corrected chi connectivity index (χ4v) is 3.77. The molecule has 2 aromatic rings. The minimum absolute atomic E-state index is 0.0659. The van der Waals surface area contributed by atoms with E-state index in [4.69, 9.17) is 22.2 Å². The van der Waals surface area contributed by atoms with Crippen molar-refractivity contribution in [2.45, 2.75) is 25.8 Å². The highest BCUT2D eigenvalue weighted by molar-refractivity contribution is 6.30. The SMILES string of the molecule is CCN1C(=O)N(N)C(Nc2ccc(OC3=CC(C(=O)N=O)NC=C3)cc2)N(Cc2ccc(Cl)cn2)C1=O. The van der Waals surface area contributed by atoms with Gasteiger partial charge in [-0.2, -0.15) is 0 Å². The molecule has 2 aliphatic rings. The summed E-state index contributed by atoms with van der Waals surface area (Å²) in [6, 6.07) is 7.89. The number of carbonyl (C=O) groups is 3. The van der Waals surface area contributed by atoms with Crippen LogP contribution in [0.15, 0.2) is 71.9 Å². The molecule has 14 heteroatoms. The van der Waals surface area contributed by atoms with Gasteiger partial charge in [0.05, 0.1) is 17.3 Å². The average Bonchev–Trinajstić information content (AvgIpc) is 2.91. The van der Waals surface area contributed by atoms with Gasteiger partial charge in [-0.25, -0.2) is 25.3 Å². The number of nitrogens with one attached hydrogen (secondary N) is 2. The molecule has 2 atom stereocenters. The Kier molecular flexibility index (Phi) is 7.65. The largest absolute Gasteiger partial charge is 0.458 e. The van der Waals surface area contributed by atoms with Crippen molar-refractivity contribution in [2.75, 3.05) is 11.9 Å². The lowest BCUT2D eigenvalue weighted by atomic mass is 10.2. The third-order valence-corrected chi connectivity index (χ3v) is 5.74. The van der Waals surface area contributed by atoms with Crippen LogP contribution in [0.5, 0.6) is 5.75 Å². The molecule has 2 unspecified atom stereocenters. The van der Waals surface area contributed by atoms with E-state index in [-0.39, 0.29) is 13.1 Å². The molecule has 4 N–H and O–H groups in total. The van der Waals surface area contributed by atoms with E-state index in [2.05, 4.69) is 20.8 Å². The van der Waals surface area contributed by atoms with Crippen LogP contribution < -0.4 is 21.2 Å². The first kappa shape index (κ1) is 25.6. The van der Waals surface area contributed by atoms with Crippen LogP contribution in [-0.4, -0.2) is 56.6 Å². The Morgan fingerprint density at radius 1 is 1.22 bits per heavy atom. The lowest BCUT2D eigenvalue weighted by Gasteiger charge is -2.45. The van der Waals surface area contributed by atoms with Crippen molar-refractivity contribution in [1.29, 1.82) is 0 Å². The monoisotopic (exact) mass is 526 g/mol. The first-order chi connectivity index (χ1) is 17.8. The number of aromatic nitrogens is 1. The first-order valence-corrected chi connectivity index (χ1v) is 11.5. The molecule has 0 aliphatic carbocycles. The van der Waals surface area contributed by atoms with E-state index < -0.39 is 30.3 Å². The number of halogens is 1. The molecule has 13 nitrogen and oxygen atoms in total. The summed E-state index contributed by atoms with van der Waals surface area (Å²) in [5, 5.41) is 9.60. The quantitative estimate of drug-likeness (QED) is 0.266. The van der Waals surface area contributed by atoms with E-state index in [9.17, 15) is 19.3 Å². The summed E-state index contributed by atoms with van der Waals surface area (Å²) in [6.07, 6.45) is 4.97. The van der Waals surface area contributed by atoms with Gasteiger partial charge in [-0.3, -0.25) is 14.7 Å². The number of nitrogens with zero attached hydrogens (tertiary/aromatic N) is 5. The van der Waals surface area contributed by atoms with E-state index in [1.54, 1.807) is 49.4 Å². The van der Waals surface area contributed by atoms with E-state index in [1.165, 1.54) is 23.4 Å². The number of hydrazine groups is 1. The summed E-state index contributed by atoms with van der Waals surface area (Å²) >= 11 is 5.92. The van der Waals surface area contributed by atoms with Crippen LogP contribution in [0.4, 0.5) is 15.3 Å². The Hall–Kier alpha value is -4.49. The van der Waals surface area contributed by atoms with Crippen molar-refractivity contribution in [2.24, 2.45) is 11.0 Å². The van der Waals surface area contributed by atoms with Crippen LogP contribution in [-0.2, 0) is 11.3 Å². The topological polar surface area (TPSA) is 163 Å². The average molecular weight is 527 g/mol. The van der Waals surface area contributed by atoms with Crippen LogP contribution in [0.1, 0.15) is 12.6 Å². The lowest BCUT2D eigenvalue weighted by molar-refractivity contribution is -0.118. The predicted molar refractivity (Wildman–Crippen MR) is 133 cm³/mol. The summed E-state index contributed by atoms with van der Waals surface area (Å²) < 4.78 is 5.75. The van der Waals surface area contributed by atoms with E-state index in [0.29, 0.717) is 27.9 Å². The molecule has 0 bridgehead atoms. The Morgan fingerprint density at radius 2 is 1.97 bits per heavy atom. The number of nitrogens with two attached hydrogens (primary N) is 1. The Morgan fingerprint density at radius 3 is 2.62 bits per heavy atom. The maximum atomic E-state index is 13.1. The molecule has 37 heavy (non-hydrogen) atoms. The van der Waals surface area contributed by atoms with Gasteiger partial charge in [-0.15, -0.1) is 4.91 Å². The number of hydrogen-bond donors (Lipinski definition) is 3. The van der Waals surface area contributed by atoms with Crippen molar-refractivity contribution in [3.05, 3.63) is 82.3 Å². The van der Waals surface area contributed by atoms with Crippen molar-refractivity contribution < 1.29 is 19.1 Å². The number of hydrogen-bond acceptors (Lipinski definition) is 9. The summed E-state index contributed by atoms with van der Waals surface area (Å²) in [6.45, 7) is 1.88. The second-order valence-corrected chi connectivity index (χ2v) is 8.37. The number of ether oxygens (including phenoxy) is 1. The zero-order valence-corrected chi connectivity index (χ0v) is 20.3. The van der Waals surface area contributed by atoms with Gasteiger partial charge in [0.2, 0.25) is 6.29 Å². The number of anilines is 1. The molecular formula is C23H23ClN8O5. The Labute approximate surface area is 216 Å². The van der Waals surface area contributed by atoms with Gasteiger partial charge >= 0.3 is 18.0 Å². The number of allylic oxidation sites excluding steroid dienone is 1. The number of imide groups is 1. The molecule has 4 rings (SSSR count). The standard InChI is InChI=1S/C23H23ClN8O5/c1-2-30-22(34)31(13-16-4-3-14(24)12-27-16)21(32(25)23(30)35)28-15-5-7-17(8-6-15)37-18-9-10-26-19(11-18)20(33)29-36/h3-12,19,21,26,28H,2,13,25H2,1H3.